The molecule has 1 aliphatic heterocycles. The standard InChI is InChI=1S/C14H19NO2/c1-5-11-10-7-12(16)13(17-4)6-9(10)8-14(2,3)15-11/h6-7,16H,5,8H2,1-4H3. The smallest absolute Gasteiger partial charge is 0.160 e. The van der Waals surface area contributed by atoms with E-state index in [0.717, 1.165) is 24.1 Å². The molecule has 0 amide bonds. The molecule has 3 nitrogen and oxygen atoms in total. The molecule has 3 heteroatoms. The fraction of sp³-hybridized carbons (Fsp3) is 0.500. The van der Waals surface area contributed by atoms with Crippen molar-refractivity contribution in [3.63, 3.8) is 0 Å². The summed E-state index contributed by atoms with van der Waals surface area (Å²) in [4.78, 5) is 4.74. The Hall–Kier alpha value is -1.51. The second-order valence-electron chi connectivity index (χ2n) is 5.08. The molecule has 0 radical (unpaired) electrons. The maximum absolute atomic E-state index is 9.83. The summed E-state index contributed by atoms with van der Waals surface area (Å²) in [5, 5.41) is 9.83. The lowest BCUT2D eigenvalue weighted by atomic mass is 9.86. The van der Waals surface area contributed by atoms with Crippen molar-refractivity contribution in [3.05, 3.63) is 23.3 Å². The van der Waals surface area contributed by atoms with Gasteiger partial charge in [0.2, 0.25) is 0 Å². The highest BCUT2D eigenvalue weighted by Gasteiger charge is 2.27. The van der Waals surface area contributed by atoms with E-state index in [-0.39, 0.29) is 11.3 Å². The van der Waals surface area contributed by atoms with Crippen LogP contribution >= 0.6 is 0 Å². The van der Waals surface area contributed by atoms with Gasteiger partial charge in [-0.15, -0.1) is 0 Å². The van der Waals surface area contributed by atoms with Gasteiger partial charge in [0.15, 0.2) is 11.5 Å². The number of phenols is 1. The topological polar surface area (TPSA) is 41.8 Å². The van der Waals surface area contributed by atoms with E-state index < -0.39 is 0 Å². The average molecular weight is 233 g/mol. The van der Waals surface area contributed by atoms with Gasteiger partial charge in [-0.05, 0) is 44.4 Å². The number of rotatable bonds is 2. The summed E-state index contributed by atoms with van der Waals surface area (Å²) in [6.07, 6.45) is 1.75. The maximum atomic E-state index is 9.83. The molecule has 92 valence electrons. The van der Waals surface area contributed by atoms with E-state index in [1.54, 1.807) is 13.2 Å². The Bertz CT molecular complexity index is 475. The van der Waals surface area contributed by atoms with Crippen molar-refractivity contribution in [2.75, 3.05) is 7.11 Å². The fourth-order valence-corrected chi connectivity index (χ4v) is 2.39. The van der Waals surface area contributed by atoms with E-state index in [4.69, 9.17) is 9.73 Å². The molecule has 0 aliphatic carbocycles. The molecule has 0 bridgehead atoms. The summed E-state index contributed by atoms with van der Waals surface area (Å²) in [7, 11) is 1.57. The molecule has 0 saturated carbocycles. The van der Waals surface area contributed by atoms with Crippen LogP contribution in [0.1, 0.15) is 38.3 Å². The van der Waals surface area contributed by atoms with E-state index in [9.17, 15) is 5.11 Å². The molecule has 17 heavy (non-hydrogen) atoms. The molecule has 0 spiro atoms. The van der Waals surface area contributed by atoms with E-state index in [1.807, 2.05) is 6.07 Å². The first-order valence-electron chi connectivity index (χ1n) is 5.96. The SMILES string of the molecule is CCC1=NC(C)(C)Cc2cc(OC)c(O)cc21. The first-order valence-corrected chi connectivity index (χ1v) is 5.96. The van der Waals surface area contributed by atoms with Crippen LogP contribution in [-0.2, 0) is 6.42 Å². The average Bonchev–Trinajstić information content (AvgIpc) is 2.27. The van der Waals surface area contributed by atoms with Crippen LogP contribution in [0.25, 0.3) is 0 Å². The van der Waals surface area contributed by atoms with Gasteiger partial charge in [-0.2, -0.15) is 0 Å². The predicted octanol–water partition coefficient (Wildman–Crippen LogP) is 2.93. The molecule has 0 aromatic heterocycles. The number of hydrogen-bond acceptors (Lipinski definition) is 3. The number of fused-ring (bicyclic) bond motifs is 1. The Morgan fingerprint density at radius 2 is 2.12 bits per heavy atom. The molecule has 1 aromatic carbocycles. The Labute approximate surface area is 102 Å². The normalized spacial score (nSPS) is 17.3. The number of hydrogen-bond donors (Lipinski definition) is 1. The Kier molecular flexibility index (Phi) is 2.86. The van der Waals surface area contributed by atoms with Crippen molar-refractivity contribution in [1.82, 2.24) is 0 Å². The molecule has 0 fully saturated rings. The van der Waals surface area contributed by atoms with Crippen molar-refractivity contribution < 1.29 is 9.84 Å². The van der Waals surface area contributed by atoms with Crippen LogP contribution in [-0.4, -0.2) is 23.5 Å². The highest BCUT2D eigenvalue weighted by atomic mass is 16.5. The zero-order valence-electron chi connectivity index (χ0n) is 10.9. The van der Waals surface area contributed by atoms with Gasteiger partial charge < -0.3 is 9.84 Å². The highest BCUT2D eigenvalue weighted by molar-refractivity contribution is 6.03. The van der Waals surface area contributed by atoms with Crippen molar-refractivity contribution >= 4 is 5.71 Å². The lowest BCUT2D eigenvalue weighted by Crippen LogP contribution is -2.28. The van der Waals surface area contributed by atoms with Crippen LogP contribution in [0.3, 0.4) is 0 Å². The highest BCUT2D eigenvalue weighted by Crippen LogP contribution is 2.35. The molecule has 1 aromatic rings. The predicted molar refractivity (Wildman–Crippen MR) is 69.3 cm³/mol. The van der Waals surface area contributed by atoms with Crippen molar-refractivity contribution in [2.24, 2.45) is 4.99 Å². The summed E-state index contributed by atoms with van der Waals surface area (Å²) >= 11 is 0. The van der Waals surface area contributed by atoms with Gasteiger partial charge in [0.1, 0.15) is 0 Å². The van der Waals surface area contributed by atoms with Crippen LogP contribution in [0.5, 0.6) is 11.5 Å². The minimum absolute atomic E-state index is 0.0691. The molecule has 0 saturated heterocycles. The number of ether oxygens (including phenoxy) is 1. The van der Waals surface area contributed by atoms with Crippen molar-refractivity contribution in [2.45, 2.75) is 39.2 Å². The minimum Gasteiger partial charge on any atom is -0.504 e. The van der Waals surface area contributed by atoms with E-state index in [2.05, 4.69) is 20.8 Å². The number of methoxy groups -OCH3 is 1. The molecule has 2 rings (SSSR count). The van der Waals surface area contributed by atoms with Gasteiger partial charge >= 0.3 is 0 Å². The monoisotopic (exact) mass is 233 g/mol. The molecular formula is C14H19NO2. The summed E-state index contributed by atoms with van der Waals surface area (Å²) < 4.78 is 5.16. The third-order valence-corrected chi connectivity index (χ3v) is 3.11. The molecule has 0 atom stereocenters. The van der Waals surface area contributed by atoms with Gasteiger partial charge in [-0.25, -0.2) is 0 Å². The number of aromatic hydroxyl groups is 1. The Balaban J connectivity index is 2.58. The second kappa shape index (κ2) is 4.06. The lowest BCUT2D eigenvalue weighted by molar-refractivity contribution is 0.372. The quantitative estimate of drug-likeness (QED) is 0.853. The summed E-state index contributed by atoms with van der Waals surface area (Å²) in [5.41, 5.74) is 3.26. The molecule has 0 unspecified atom stereocenters. The zero-order valence-corrected chi connectivity index (χ0v) is 10.9. The molecule has 1 aliphatic rings. The maximum Gasteiger partial charge on any atom is 0.160 e. The number of aliphatic imine (C=N–C) groups is 1. The summed E-state index contributed by atoms with van der Waals surface area (Å²) in [6.45, 7) is 6.35. The Morgan fingerprint density at radius 3 is 2.71 bits per heavy atom. The third-order valence-electron chi connectivity index (χ3n) is 3.11. The van der Waals surface area contributed by atoms with Gasteiger partial charge in [0.25, 0.3) is 0 Å². The minimum atomic E-state index is -0.0691. The first-order chi connectivity index (χ1) is 7.96. The van der Waals surface area contributed by atoms with Crippen molar-refractivity contribution in [3.8, 4) is 11.5 Å². The van der Waals surface area contributed by atoms with Gasteiger partial charge in [-0.1, -0.05) is 6.92 Å². The number of nitrogens with zero attached hydrogens (tertiary/aromatic N) is 1. The first kappa shape index (κ1) is 12.0. The van der Waals surface area contributed by atoms with Crippen molar-refractivity contribution in [1.29, 1.82) is 0 Å². The Morgan fingerprint density at radius 1 is 1.41 bits per heavy atom. The van der Waals surface area contributed by atoms with Crippen LogP contribution < -0.4 is 4.74 Å². The lowest BCUT2D eigenvalue weighted by Gasteiger charge is -2.29. The largest absolute Gasteiger partial charge is 0.504 e. The zero-order chi connectivity index (χ0) is 12.6. The molecular weight excluding hydrogens is 214 g/mol. The fourth-order valence-electron chi connectivity index (χ4n) is 2.39. The van der Waals surface area contributed by atoms with Crippen LogP contribution in [0.15, 0.2) is 17.1 Å². The van der Waals surface area contributed by atoms with Crippen LogP contribution in [0, 0.1) is 0 Å². The van der Waals surface area contributed by atoms with E-state index in [0.29, 0.717) is 5.75 Å². The van der Waals surface area contributed by atoms with E-state index in [1.165, 1.54) is 5.56 Å². The summed E-state index contributed by atoms with van der Waals surface area (Å²) in [5.74, 6) is 0.726. The number of phenolic OH excluding ortho intramolecular Hbond substituents is 1. The second-order valence-corrected chi connectivity index (χ2v) is 5.08. The van der Waals surface area contributed by atoms with Gasteiger partial charge in [0.05, 0.1) is 12.6 Å². The number of benzene rings is 1. The molecule has 1 heterocycles. The third kappa shape index (κ3) is 2.14. The van der Waals surface area contributed by atoms with Gasteiger partial charge in [0, 0.05) is 11.3 Å². The van der Waals surface area contributed by atoms with Crippen LogP contribution in [0.2, 0.25) is 0 Å². The van der Waals surface area contributed by atoms with E-state index >= 15 is 0 Å². The van der Waals surface area contributed by atoms with Gasteiger partial charge in [-0.3, -0.25) is 4.99 Å². The molecule has 1 N–H and O–H groups in total. The summed E-state index contributed by atoms with van der Waals surface area (Å²) in [6, 6.07) is 3.70. The van der Waals surface area contributed by atoms with Crippen LogP contribution in [0.4, 0.5) is 0 Å².